The number of nitrogens with zero attached hydrogens (tertiary/aromatic N) is 4. The van der Waals surface area contributed by atoms with Gasteiger partial charge in [0.2, 0.25) is 0 Å². The summed E-state index contributed by atoms with van der Waals surface area (Å²) in [6.45, 7) is 14.6. The first-order valence-electron chi connectivity index (χ1n) is 10.9. The van der Waals surface area contributed by atoms with Crippen molar-refractivity contribution in [2.24, 2.45) is 5.92 Å². The summed E-state index contributed by atoms with van der Waals surface area (Å²) in [5.41, 5.74) is 2.60. The number of hydrogen-bond acceptors (Lipinski definition) is 3. The number of para-hydroxylation sites is 1. The van der Waals surface area contributed by atoms with Gasteiger partial charge in [-0.2, -0.15) is 0 Å². The molecule has 1 aromatic carbocycles. The molecule has 2 heterocycles. The van der Waals surface area contributed by atoms with Crippen molar-refractivity contribution in [2.75, 3.05) is 38.1 Å². The van der Waals surface area contributed by atoms with Crippen LogP contribution < -0.4 is 4.90 Å². The van der Waals surface area contributed by atoms with Gasteiger partial charge >= 0.3 is 0 Å². The van der Waals surface area contributed by atoms with E-state index in [1.54, 1.807) is 0 Å². The lowest BCUT2D eigenvalue weighted by molar-refractivity contribution is 0.297. The Morgan fingerprint density at radius 1 is 0.964 bits per heavy atom. The third-order valence-corrected chi connectivity index (χ3v) is 5.68. The van der Waals surface area contributed by atoms with Crippen LogP contribution in [0.2, 0.25) is 0 Å². The second-order valence-corrected chi connectivity index (χ2v) is 8.21. The van der Waals surface area contributed by atoms with Crippen LogP contribution in [-0.4, -0.2) is 47.7 Å². The fourth-order valence-corrected chi connectivity index (χ4v) is 4.15. The molecule has 152 valence electrons. The van der Waals surface area contributed by atoms with Gasteiger partial charge in [0.25, 0.3) is 0 Å². The highest BCUT2D eigenvalue weighted by Crippen LogP contribution is 2.34. The van der Waals surface area contributed by atoms with Crippen molar-refractivity contribution >= 4 is 27.6 Å². The molecule has 0 spiro atoms. The van der Waals surface area contributed by atoms with Gasteiger partial charge in [0.05, 0.1) is 5.52 Å². The van der Waals surface area contributed by atoms with Crippen LogP contribution >= 0.6 is 0 Å². The van der Waals surface area contributed by atoms with E-state index in [1.165, 1.54) is 41.2 Å². The zero-order valence-corrected chi connectivity index (χ0v) is 18.3. The fourth-order valence-electron chi connectivity index (χ4n) is 4.15. The molecule has 0 amide bonds. The number of rotatable bonds is 10. The summed E-state index contributed by atoms with van der Waals surface area (Å²) < 4.78 is 2.48. The van der Waals surface area contributed by atoms with Crippen molar-refractivity contribution < 1.29 is 0 Å². The molecule has 4 heteroatoms. The van der Waals surface area contributed by atoms with Gasteiger partial charge in [0.15, 0.2) is 5.82 Å². The minimum absolute atomic E-state index is 0.589. The second kappa shape index (κ2) is 9.42. The van der Waals surface area contributed by atoms with Crippen molar-refractivity contribution in [2.45, 2.75) is 47.1 Å². The number of benzene rings is 1. The zero-order valence-electron chi connectivity index (χ0n) is 18.3. The van der Waals surface area contributed by atoms with Crippen molar-refractivity contribution in [3.8, 4) is 0 Å². The van der Waals surface area contributed by atoms with E-state index in [1.807, 2.05) is 6.20 Å². The molecular weight excluding hydrogens is 344 g/mol. The minimum Gasteiger partial charge on any atom is -0.358 e. The molecule has 0 N–H and O–H groups in total. The van der Waals surface area contributed by atoms with Crippen molar-refractivity contribution in [3.63, 3.8) is 0 Å². The molecule has 0 aliphatic heterocycles. The smallest absolute Gasteiger partial charge is 0.152 e. The van der Waals surface area contributed by atoms with Crippen LogP contribution in [0.25, 0.3) is 21.8 Å². The van der Waals surface area contributed by atoms with Gasteiger partial charge in [-0.3, -0.25) is 0 Å². The number of hydrogen-bond donors (Lipinski definition) is 0. The van der Waals surface area contributed by atoms with E-state index in [4.69, 9.17) is 4.98 Å². The lowest BCUT2D eigenvalue weighted by Crippen LogP contribution is -2.26. The number of aromatic nitrogens is 2. The summed E-state index contributed by atoms with van der Waals surface area (Å²) in [6, 6.07) is 10.9. The Hall–Kier alpha value is -2.07. The van der Waals surface area contributed by atoms with Crippen LogP contribution in [0.4, 0.5) is 5.82 Å². The first-order valence-corrected chi connectivity index (χ1v) is 10.9. The van der Waals surface area contributed by atoms with E-state index < -0.39 is 0 Å². The lowest BCUT2D eigenvalue weighted by atomic mass is 10.2. The number of pyridine rings is 1. The Morgan fingerprint density at radius 2 is 1.68 bits per heavy atom. The first-order chi connectivity index (χ1) is 13.6. The van der Waals surface area contributed by atoms with Gasteiger partial charge in [-0.15, -0.1) is 0 Å². The third-order valence-electron chi connectivity index (χ3n) is 5.68. The van der Waals surface area contributed by atoms with Crippen molar-refractivity contribution in [1.29, 1.82) is 0 Å². The summed E-state index contributed by atoms with van der Waals surface area (Å²) in [5, 5.41) is 2.65. The Morgan fingerprint density at radius 3 is 2.39 bits per heavy atom. The summed E-state index contributed by atoms with van der Waals surface area (Å²) >= 11 is 0. The highest BCUT2D eigenvalue weighted by Gasteiger charge is 2.17. The maximum atomic E-state index is 4.81. The lowest BCUT2D eigenvalue weighted by Gasteiger charge is -2.22. The quantitative estimate of drug-likeness (QED) is 0.440. The Labute approximate surface area is 170 Å². The molecule has 0 saturated carbocycles. The molecule has 0 aliphatic carbocycles. The summed E-state index contributed by atoms with van der Waals surface area (Å²) in [4.78, 5) is 9.66. The van der Waals surface area contributed by atoms with Gasteiger partial charge in [-0.1, -0.05) is 45.9 Å². The number of unbranched alkanes of at least 4 members (excludes halogenated alkanes) is 1. The third kappa shape index (κ3) is 4.33. The summed E-state index contributed by atoms with van der Waals surface area (Å²) in [5.74, 6) is 1.70. The van der Waals surface area contributed by atoms with Crippen LogP contribution in [0.1, 0.15) is 40.5 Å². The van der Waals surface area contributed by atoms with Gasteiger partial charge in [-0.25, -0.2) is 4.98 Å². The summed E-state index contributed by atoms with van der Waals surface area (Å²) in [7, 11) is 2.19. The monoisotopic (exact) mass is 380 g/mol. The molecule has 28 heavy (non-hydrogen) atoms. The molecule has 3 rings (SSSR count). The summed E-state index contributed by atoms with van der Waals surface area (Å²) in [6.07, 6.45) is 4.39. The molecular formula is C24H36N4. The van der Waals surface area contributed by atoms with Gasteiger partial charge in [0, 0.05) is 42.6 Å². The van der Waals surface area contributed by atoms with Crippen LogP contribution in [0.5, 0.6) is 0 Å². The maximum Gasteiger partial charge on any atom is 0.152 e. The molecule has 3 aromatic rings. The van der Waals surface area contributed by atoms with Crippen molar-refractivity contribution in [3.05, 3.63) is 36.5 Å². The minimum atomic E-state index is 0.589. The van der Waals surface area contributed by atoms with Crippen molar-refractivity contribution in [1.82, 2.24) is 14.5 Å². The maximum absolute atomic E-state index is 4.81. The normalized spacial score (nSPS) is 12.0. The van der Waals surface area contributed by atoms with Crippen LogP contribution in [-0.2, 0) is 6.54 Å². The fraction of sp³-hybridized carbons (Fsp3) is 0.542. The largest absolute Gasteiger partial charge is 0.358 e. The first kappa shape index (κ1) is 20.7. The van der Waals surface area contributed by atoms with E-state index in [2.05, 4.69) is 79.4 Å². The van der Waals surface area contributed by atoms with Crippen LogP contribution in [0.3, 0.4) is 0 Å². The second-order valence-electron chi connectivity index (χ2n) is 8.21. The predicted octanol–water partition coefficient (Wildman–Crippen LogP) is 5.40. The molecule has 0 unspecified atom stereocenters. The molecule has 0 radical (unpaired) electrons. The van der Waals surface area contributed by atoms with E-state index >= 15 is 0 Å². The van der Waals surface area contributed by atoms with E-state index in [9.17, 15) is 0 Å². The van der Waals surface area contributed by atoms with E-state index in [0.717, 1.165) is 32.0 Å². The van der Waals surface area contributed by atoms with E-state index in [-0.39, 0.29) is 0 Å². The average molecular weight is 381 g/mol. The van der Waals surface area contributed by atoms with Gasteiger partial charge in [0.1, 0.15) is 0 Å². The number of fused-ring (bicyclic) bond motifs is 3. The SMILES string of the molecule is CCN(CC)CCCCN(C)c1nccc2c3ccccc3n(CC(C)C)c12. The molecule has 2 aromatic heterocycles. The predicted molar refractivity (Wildman–Crippen MR) is 122 cm³/mol. The molecule has 0 atom stereocenters. The Bertz CT molecular complexity index is 892. The topological polar surface area (TPSA) is 24.3 Å². The van der Waals surface area contributed by atoms with Gasteiger partial charge < -0.3 is 14.4 Å². The van der Waals surface area contributed by atoms with E-state index in [0.29, 0.717) is 5.92 Å². The molecule has 0 saturated heterocycles. The Balaban J connectivity index is 1.88. The van der Waals surface area contributed by atoms with Crippen LogP contribution in [0.15, 0.2) is 36.5 Å². The molecule has 4 nitrogen and oxygen atoms in total. The van der Waals surface area contributed by atoms with Crippen LogP contribution in [0, 0.1) is 5.92 Å². The number of anilines is 1. The zero-order chi connectivity index (χ0) is 20.1. The standard InChI is InChI=1S/C24H36N4/c1-6-27(7-2)17-11-10-16-26(5)24-23-21(14-15-25-24)20-12-8-9-13-22(20)28(23)18-19(3)4/h8-9,12-15,19H,6-7,10-11,16-18H2,1-5H3. The molecule has 0 aliphatic rings. The highest BCUT2D eigenvalue weighted by molar-refractivity contribution is 6.11. The molecule has 0 fully saturated rings. The average Bonchev–Trinajstić information content (AvgIpc) is 3.01. The molecule has 0 bridgehead atoms. The van der Waals surface area contributed by atoms with Gasteiger partial charge in [-0.05, 0) is 50.5 Å². The highest BCUT2D eigenvalue weighted by atomic mass is 15.2. The Kier molecular flexibility index (Phi) is 6.95.